The summed E-state index contributed by atoms with van der Waals surface area (Å²) in [4.78, 5) is 0. The Hall–Kier alpha value is 0.496. The molecular formula is C21H42SiSn. The van der Waals surface area contributed by atoms with Gasteiger partial charge < -0.3 is 0 Å². The SMILES string of the molecule is CCC[CH2][Sn]([CH2]CCC)([CH2]CCC)[C]1=C(C)C(C)=C(C)C1(C)[SiH3]. The molecule has 134 valence electrons. The van der Waals surface area contributed by atoms with Crippen LogP contribution in [0.25, 0.3) is 0 Å². The molecule has 1 aliphatic rings. The molecule has 2 heteroatoms. The van der Waals surface area contributed by atoms with Gasteiger partial charge in [-0.3, -0.25) is 0 Å². The van der Waals surface area contributed by atoms with Crippen LogP contribution in [-0.4, -0.2) is 28.6 Å². The minimum absolute atomic E-state index is 0.486. The molecule has 0 radical (unpaired) electrons. The molecule has 0 aliphatic heterocycles. The van der Waals surface area contributed by atoms with E-state index in [0.29, 0.717) is 5.04 Å². The van der Waals surface area contributed by atoms with E-state index in [1.165, 1.54) is 48.8 Å². The van der Waals surface area contributed by atoms with Crippen molar-refractivity contribution in [2.45, 2.75) is 105 Å². The third-order valence-corrected chi connectivity index (χ3v) is 26.4. The second kappa shape index (κ2) is 9.26. The van der Waals surface area contributed by atoms with Crippen LogP contribution in [0.3, 0.4) is 0 Å². The van der Waals surface area contributed by atoms with Crippen LogP contribution in [0.5, 0.6) is 0 Å². The van der Waals surface area contributed by atoms with E-state index in [2.05, 4.69) is 52.1 Å². The van der Waals surface area contributed by atoms with Gasteiger partial charge in [0, 0.05) is 0 Å². The first kappa shape index (κ1) is 21.5. The molecule has 0 amide bonds. The monoisotopic (exact) mass is 442 g/mol. The molecule has 1 aliphatic carbocycles. The fourth-order valence-electron chi connectivity index (χ4n) is 4.95. The zero-order valence-corrected chi connectivity index (χ0v) is 22.2. The van der Waals surface area contributed by atoms with Crippen molar-refractivity contribution in [1.29, 1.82) is 0 Å². The summed E-state index contributed by atoms with van der Waals surface area (Å²) in [7, 11) is 1.30. The molecule has 1 unspecified atom stereocenters. The van der Waals surface area contributed by atoms with Gasteiger partial charge in [0.25, 0.3) is 0 Å². The Labute approximate surface area is 153 Å². The Bertz CT molecular complexity index is 435. The number of unbranched alkanes of at least 4 members (excludes halogenated alkanes) is 3. The molecule has 0 saturated heterocycles. The van der Waals surface area contributed by atoms with Gasteiger partial charge in [0.15, 0.2) is 0 Å². The molecular weight excluding hydrogens is 399 g/mol. The quantitative estimate of drug-likeness (QED) is 0.336. The average molecular weight is 441 g/mol. The van der Waals surface area contributed by atoms with Crippen LogP contribution >= 0.6 is 0 Å². The van der Waals surface area contributed by atoms with Crippen molar-refractivity contribution >= 4 is 28.6 Å². The van der Waals surface area contributed by atoms with E-state index in [4.69, 9.17) is 0 Å². The first-order valence-corrected chi connectivity index (χ1v) is 18.7. The van der Waals surface area contributed by atoms with Gasteiger partial charge in [-0.05, 0) is 0 Å². The molecule has 0 N–H and O–H groups in total. The predicted octanol–water partition coefficient (Wildman–Crippen LogP) is 6.59. The van der Waals surface area contributed by atoms with Gasteiger partial charge in [-0.1, -0.05) is 0 Å². The summed E-state index contributed by atoms with van der Waals surface area (Å²) < 4.78 is 6.94. The molecule has 0 spiro atoms. The van der Waals surface area contributed by atoms with Crippen LogP contribution in [0.4, 0.5) is 0 Å². The van der Waals surface area contributed by atoms with Gasteiger partial charge in [-0.2, -0.15) is 0 Å². The van der Waals surface area contributed by atoms with Crippen LogP contribution in [-0.2, 0) is 0 Å². The Morgan fingerprint density at radius 3 is 1.43 bits per heavy atom. The van der Waals surface area contributed by atoms with Crippen molar-refractivity contribution in [3.05, 3.63) is 20.3 Å². The van der Waals surface area contributed by atoms with E-state index in [0.717, 1.165) is 0 Å². The second-order valence-corrected chi connectivity index (χ2v) is 23.5. The summed E-state index contributed by atoms with van der Waals surface area (Å²) in [5, 5.41) is 0.486. The summed E-state index contributed by atoms with van der Waals surface area (Å²) in [6.45, 7) is 17.1. The van der Waals surface area contributed by atoms with Crippen molar-refractivity contribution in [3.8, 4) is 0 Å². The third-order valence-electron chi connectivity index (χ3n) is 6.62. The second-order valence-electron chi connectivity index (χ2n) is 8.47. The predicted molar refractivity (Wildman–Crippen MR) is 114 cm³/mol. The average Bonchev–Trinajstić information content (AvgIpc) is 2.68. The molecule has 0 aromatic carbocycles. The first-order chi connectivity index (χ1) is 10.8. The van der Waals surface area contributed by atoms with E-state index in [1.54, 1.807) is 30.0 Å². The topological polar surface area (TPSA) is 0 Å². The molecule has 0 aromatic rings. The van der Waals surface area contributed by atoms with E-state index in [1.807, 2.05) is 0 Å². The molecule has 1 atom stereocenters. The Balaban J connectivity index is 3.36. The Kier molecular flexibility index (Phi) is 8.68. The summed E-state index contributed by atoms with van der Waals surface area (Å²) in [5.74, 6) is 0. The first-order valence-electron chi connectivity index (χ1n) is 10.2. The molecule has 1 rings (SSSR count). The summed E-state index contributed by atoms with van der Waals surface area (Å²) in [6.07, 6.45) is 8.59. The van der Waals surface area contributed by atoms with E-state index in [-0.39, 0.29) is 0 Å². The molecule has 0 nitrogen and oxygen atoms in total. The Morgan fingerprint density at radius 1 is 0.783 bits per heavy atom. The molecule has 0 heterocycles. The van der Waals surface area contributed by atoms with Crippen LogP contribution in [0, 0.1) is 0 Å². The third kappa shape index (κ3) is 4.57. The van der Waals surface area contributed by atoms with Crippen LogP contribution in [0.1, 0.15) is 87.0 Å². The van der Waals surface area contributed by atoms with Crippen LogP contribution in [0.15, 0.2) is 20.3 Å². The van der Waals surface area contributed by atoms with Crippen molar-refractivity contribution < 1.29 is 0 Å². The molecule has 0 aromatic heterocycles. The number of hydrogen-bond donors (Lipinski definition) is 0. The van der Waals surface area contributed by atoms with Gasteiger partial charge >= 0.3 is 154 Å². The zero-order chi connectivity index (χ0) is 17.7. The maximum absolute atomic E-state index is 2.60. The van der Waals surface area contributed by atoms with Crippen molar-refractivity contribution in [1.82, 2.24) is 0 Å². The van der Waals surface area contributed by atoms with Crippen LogP contribution < -0.4 is 0 Å². The number of hydrogen-bond acceptors (Lipinski definition) is 0. The van der Waals surface area contributed by atoms with Gasteiger partial charge in [-0.25, -0.2) is 0 Å². The maximum atomic E-state index is 2.60. The van der Waals surface area contributed by atoms with Crippen molar-refractivity contribution in [3.63, 3.8) is 0 Å². The van der Waals surface area contributed by atoms with Gasteiger partial charge in [0.2, 0.25) is 0 Å². The fourth-order valence-corrected chi connectivity index (χ4v) is 29.5. The standard InChI is InChI=1S/C9H15Si.3C4H9.Sn/c1-6-5-9(4,10)8(3)7(6)2;3*1-3-4-2;/h1-4,10H3;3*1,3-4H2,2H3;. The summed E-state index contributed by atoms with van der Waals surface area (Å²) in [6, 6.07) is 0. The summed E-state index contributed by atoms with van der Waals surface area (Å²) in [5.41, 5.74) is 5.13. The van der Waals surface area contributed by atoms with Crippen LogP contribution in [0.2, 0.25) is 18.3 Å². The van der Waals surface area contributed by atoms with E-state index < -0.39 is 18.4 Å². The molecule has 23 heavy (non-hydrogen) atoms. The normalized spacial score (nSPS) is 22.6. The van der Waals surface area contributed by atoms with E-state index >= 15 is 0 Å². The zero-order valence-electron chi connectivity index (χ0n) is 17.4. The van der Waals surface area contributed by atoms with Gasteiger partial charge in [-0.15, -0.1) is 0 Å². The number of rotatable bonds is 10. The van der Waals surface area contributed by atoms with Crippen molar-refractivity contribution in [2.75, 3.05) is 0 Å². The molecule has 0 bridgehead atoms. The molecule has 0 saturated carbocycles. The van der Waals surface area contributed by atoms with Gasteiger partial charge in [0.1, 0.15) is 0 Å². The minimum atomic E-state index is -2.26. The molecule has 0 fully saturated rings. The fraction of sp³-hybridized carbons (Fsp3) is 0.810. The Morgan fingerprint density at radius 2 is 1.17 bits per heavy atom. The number of allylic oxidation sites excluding steroid dienone is 4. The summed E-state index contributed by atoms with van der Waals surface area (Å²) >= 11 is -2.26. The van der Waals surface area contributed by atoms with E-state index in [9.17, 15) is 0 Å². The van der Waals surface area contributed by atoms with Gasteiger partial charge in [0.05, 0.1) is 0 Å². The van der Waals surface area contributed by atoms with Crippen molar-refractivity contribution in [2.24, 2.45) is 0 Å².